The molecule has 0 aliphatic rings. The maximum Gasteiger partial charge on any atom is 0.0835 e. The van der Waals surface area contributed by atoms with Crippen LogP contribution < -0.4 is 0 Å². The van der Waals surface area contributed by atoms with E-state index >= 15 is 0 Å². The van der Waals surface area contributed by atoms with Crippen molar-refractivity contribution >= 4 is 10.9 Å². The quantitative estimate of drug-likeness (QED) is 0.617. The Hall–Kier alpha value is -2.16. The van der Waals surface area contributed by atoms with E-state index in [0.717, 1.165) is 22.2 Å². The standard InChI is InChI=1S/C13H11N3/c1-10-7-15-16(9-10)12-6-11-4-2-3-5-13(11)14-8-12/h2-9H,1H3. The number of fused-ring (bicyclic) bond motifs is 1. The Morgan fingerprint density at radius 1 is 1.12 bits per heavy atom. The molecule has 3 nitrogen and oxygen atoms in total. The molecule has 0 saturated heterocycles. The van der Waals surface area contributed by atoms with Crippen LogP contribution in [0.15, 0.2) is 48.9 Å². The van der Waals surface area contributed by atoms with Crippen molar-refractivity contribution in [3.63, 3.8) is 0 Å². The van der Waals surface area contributed by atoms with E-state index < -0.39 is 0 Å². The van der Waals surface area contributed by atoms with Gasteiger partial charge in [0.1, 0.15) is 0 Å². The highest BCUT2D eigenvalue weighted by molar-refractivity contribution is 5.79. The molecule has 0 aliphatic carbocycles. The zero-order valence-electron chi connectivity index (χ0n) is 8.96. The lowest BCUT2D eigenvalue weighted by Gasteiger charge is -2.02. The van der Waals surface area contributed by atoms with Crippen LogP contribution in [0.25, 0.3) is 16.6 Å². The van der Waals surface area contributed by atoms with Gasteiger partial charge >= 0.3 is 0 Å². The van der Waals surface area contributed by atoms with Gasteiger partial charge in [-0.2, -0.15) is 5.10 Å². The lowest BCUT2D eigenvalue weighted by Crippen LogP contribution is -1.95. The van der Waals surface area contributed by atoms with Crippen molar-refractivity contribution in [2.45, 2.75) is 6.92 Å². The van der Waals surface area contributed by atoms with Gasteiger partial charge in [-0.3, -0.25) is 4.98 Å². The van der Waals surface area contributed by atoms with Crippen LogP contribution in [0.1, 0.15) is 5.56 Å². The van der Waals surface area contributed by atoms with Crippen molar-refractivity contribution in [1.82, 2.24) is 14.8 Å². The first-order valence-corrected chi connectivity index (χ1v) is 5.19. The van der Waals surface area contributed by atoms with E-state index in [1.165, 1.54) is 0 Å². The number of nitrogens with zero attached hydrogens (tertiary/aromatic N) is 3. The molecule has 78 valence electrons. The zero-order valence-corrected chi connectivity index (χ0v) is 8.96. The third kappa shape index (κ3) is 1.46. The van der Waals surface area contributed by atoms with Gasteiger partial charge in [0.2, 0.25) is 0 Å². The van der Waals surface area contributed by atoms with Crippen molar-refractivity contribution in [1.29, 1.82) is 0 Å². The fourth-order valence-electron chi connectivity index (χ4n) is 1.74. The minimum absolute atomic E-state index is 0.992. The molecule has 0 radical (unpaired) electrons. The summed E-state index contributed by atoms with van der Waals surface area (Å²) in [5.74, 6) is 0. The number of para-hydroxylation sites is 1. The second-order valence-corrected chi connectivity index (χ2v) is 3.85. The van der Waals surface area contributed by atoms with Crippen LogP contribution in [0.3, 0.4) is 0 Å². The Balaban J connectivity index is 2.18. The number of hydrogen-bond donors (Lipinski definition) is 0. The van der Waals surface area contributed by atoms with E-state index in [4.69, 9.17) is 0 Å². The zero-order chi connectivity index (χ0) is 11.0. The number of benzene rings is 1. The molecule has 0 saturated carbocycles. The highest BCUT2D eigenvalue weighted by Crippen LogP contribution is 2.15. The van der Waals surface area contributed by atoms with Gasteiger partial charge in [-0.25, -0.2) is 4.68 Å². The molecule has 0 bridgehead atoms. The van der Waals surface area contributed by atoms with Crippen LogP contribution >= 0.6 is 0 Å². The van der Waals surface area contributed by atoms with Crippen LogP contribution in [0, 0.1) is 6.92 Å². The average molecular weight is 209 g/mol. The Kier molecular flexibility index (Phi) is 1.96. The van der Waals surface area contributed by atoms with Gasteiger partial charge < -0.3 is 0 Å². The first-order chi connectivity index (χ1) is 7.83. The molecule has 0 N–H and O–H groups in total. The summed E-state index contributed by atoms with van der Waals surface area (Å²) in [6.07, 6.45) is 5.68. The summed E-state index contributed by atoms with van der Waals surface area (Å²) in [7, 11) is 0. The molecular weight excluding hydrogens is 198 g/mol. The van der Waals surface area contributed by atoms with Crippen molar-refractivity contribution in [2.75, 3.05) is 0 Å². The minimum atomic E-state index is 0.992. The van der Waals surface area contributed by atoms with E-state index in [-0.39, 0.29) is 0 Å². The molecule has 1 aromatic carbocycles. The Bertz CT molecular complexity index is 640. The van der Waals surface area contributed by atoms with Gasteiger partial charge in [-0.15, -0.1) is 0 Å². The van der Waals surface area contributed by atoms with E-state index in [2.05, 4.69) is 22.2 Å². The molecule has 0 unspecified atom stereocenters. The highest BCUT2D eigenvalue weighted by atomic mass is 15.3. The van der Waals surface area contributed by atoms with Crippen molar-refractivity contribution in [2.24, 2.45) is 0 Å². The summed E-state index contributed by atoms with van der Waals surface area (Å²) < 4.78 is 1.84. The van der Waals surface area contributed by atoms with Crippen molar-refractivity contribution in [3.05, 3.63) is 54.5 Å². The molecular formula is C13H11N3. The Morgan fingerprint density at radius 3 is 2.81 bits per heavy atom. The van der Waals surface area contributed by atoms with E-state index in [1.807, 2.05) is 48.4 Å². The van der Waals surface area contributed by atoms with Gasteiger partial charge in [-0.1, -0.05) is 18.2 Å². The molecule has 3 rings (SSSR count). The fraction of sp³-hybridized carbons (Fsp3) is 0.0769. The maximum absolute atomic E-state index is 4.41. The molecule has 0 atom stereocenters. The SMILES string of the molecule is Cc1cnn(-c2cnc3ccccc3c2)c1. The lowest BCUT2D eigenvalue weighted by atomic mass is 10.2. The molecule has 0 fully saturated rings. The van der Waals surface area contributed by atoms with Crippen LogP contribution in [-0.4, -0.2) is 14.8 Å². The topological polar surface area (TPSA) is 30.7 Å². The normalized spacial score (nSPS) is 10.8. The summed E-state index contributed by atoms with van der Waals surface area (Å²) in [6, 6.07) is 10.2. The van der Waals surface area contributed by atoms with Gasteiger partial charge in [0, 0.05) is 11.6 Å². The molecule has 16 heavy (non-hydrogen) atoms. The summed E-state index contributed by atoms with van der Waals surface area (Å²) in [5.41, 5.74) is 3.15. The highest BCUT2D eigenvalue weighted by Gasteiger charge is 2.00. The summed E-state index contributed by atoms with van der Waals surface area (Å²) in [5, 5.41) is 5.40. The van der Waals surface area contributed by atoms with Crippen LogP contribution in [0.5, 0.6) is 0 Å². The summed E-state index contributed by atoms with van der Waals surface area (Å²) in [6.45, 7) is 2.03. The maximum atomic E-state index is 4.41. The van der Waals surface area contributed by atoms with Gasteiger partial charge in [-0.05, 0) is 24.6 Å². The van der Waals surface area contributed by atoms with Gasteiger partial charge in [0.05, 0.1) is 23.6 Å². The lowest BCUT2D eigenvalue weighted by molar-refractivity contribution is 0.876. The smallest absolute Gasteiger partial charge is 0.0835 e. The predicted molar refractivity (Wildman–Crippen MR) is 63.6 cm³/mol. The van der Waals surface area contributed by atoms with E-state index in [1.54, 1.807) is 0 Å². The first-order valence-electron chi connectivity index (χ1n) is 5.19. The minimum Gasteiger partial charge on any atom is -0.254 e. The van der Waals surface area contributed by atoms with Crippen LogP contribution in [0.2, 0.25) is 0 Å². The van der Waals surface area contributed by atoms with Crippen molar-refractivity contribution < 1.29 is 0 Å². The predicted octanol–water partition coefficient (Wildman–Crippen LogP) is 2.73. The molecule has 2 aromatic heterocycles. The van der Waals surface area contributed by atoms with Gasteiger partial charge in [0.25, 0.3) is 0 Å². The number of hydrogen-bond acceptors (Lipinski definition) is 2. The van der Waals surface area contributed by atoms with Crippen LogP contribution in [-0.2, 0) is 0 Å². The third-order valence-electron chi connectivity index (χ3n) is 2.55. The Labute approximate surface area is 93.4 Å². The second-order valence-electron chi connectivity index (χ2n) is 3.85. The largest absolute Gasteiger partial charge is 0.254 e. The van der Waals surface area contributed by atoms with E-state index in [9.17, 15) is 0 Å². The molecule has 2 heterocycles. The van der Waals surface area contributed by atoms with Crippen molar-refractivity contribution in [3.8, 4) is 5.69 Å². The number of aryl methyl sites for hydroxylation is 1. The average Bonchev–Trinajstić information content (AvgIpc) is 2.75. The van der Waals surface area contributed by atoms with Crippen LogP contribution in [0.4, 0.5) is 0 Å². The molecule has 3 heteroatoms. The number of pyridine rings is 1. The summed E-state index contributed by atoms with van der Waals surface area (Å²) >= 11 is 0. The number of rotatable bonds is 1. The Morgan fingerprint density at radius 2 is 2.00 bits per heavy atom. The molecule has 3 aromatic rings. The molecule has 0 spiro atoms. The molecule has 0 amide bonds. The second kappa shape index (κ2) is 3.45. The third-order valence-corrected chi connectivity index (χ3v) is 2.55. The van der Waals surface area contributed by atoms with E-state index in [0.29, 0.717) is 0 Å². The fourth-order valence-corrected chi connectivity index (χ4v) is 1.74. The first kappa shape index (κ1) is 9.09. The summed E-state index contributed by atoms with van der Waals surface area (Å²) in [4.78, 5) is 4.41. The molecule has 0 aliphatic heterocycles. The number of aromatic nitrogens is 3. The monoisotopic (exact) mass is 209 g/mol. The van der Waals surface area contributed by atoms with Gasteiger partial charge in [0.15, 0.2) is 0 Å².